The Bertz CT molecular complexity index is 590. The summed E-state index contributed by atoms with van der Waals surface area (Å²) >= 11 is 0. The number of piperazine rings is 1. The van der Waals surface area contributed by atoms with Gasteiger partial charge in [0.15, 0.2) is 11.5 Å². The number of carbonyl (C=O) groups is 1. The summed E-state index contributed by atoms with van der Waals surface area (Å²) in [5.41, 5.74) is -0.273. The highest BCUT2D eigenvalue weighted by Crippen LogP contribution is 2.35. The molecular weight excluding hydrogens is 290 g/mol. The lowest BCUT2D eigenvalue weighted by Gasteiger charge is -2.31. The van der Waals surface area contributed by atoms with Crippen molar-refractivity contribution < 1.29 is 19.2 Å². The van der Waals surface area contributed by atoms with E-state index in [1.165, 1.54) is 26.4 Å². The summed E-state index contributed by atoms with van der Waals surface area (Å²) in [6, 6.07) is 2.74. The van der Waals surface area contributed by atoms with E-state index in [0.717, 1.165) is 0 Å². The summed E-state index contributed by atoms with van der Waals surface area (Å²) in [7, 11) is 2.81. The number of hydrogen-bond donors (Lipinski definition) is 1. The van der Waals surface area contributed by atoms with Crippen molar-refractivity contribution >= 4 is 11.6 Å². The maximum absolute atomic E-state index is 12.6. The summed E-state index contributed by atoms with van der Waals surface area (Å²) in [6.07, 6.45) is 0. The first-order valence-corrected chi connectivity index (χ1v) is 6.91. The highest BCUT2D eigenvalue weighted by molar-refractivity contribution is 5.99. The van der Waals surface area contributed by atoms with E-state index in [4.69, 9.17) is 9.47 Å². The van der Waals surface area contributed by atoms with Crippen molar-refractivity contribution in [2.45, 2.75) is 13.0 Å². The molecule has 0 spiro atoms. The molecule has 22 heavy (non-hydrogen) atoms. The van der Waals surface area contributed by atoms with Gasteiger partial charge < -0.3 is 19.7 Å². The zero-order chi connectivity index (χ0) is 16.3. The first-order chi connectivity index (χ1) is 10.5. The number of ether oxygens (including phenoxy) is 2. The van der Waals surface area contributed by atoms with E-state index in [9.17, 15) is 14.9 Å². The van der Waals surface area contributed by atoms with Gasteiger partial charge in [0.05, 0.1) is 25.2 Å². The minimum Gasteiger partial charge on any atom is -0.493 e. The van der Waals surface area contributed by atoms with Crippen molar-refractivity contribution in [2.75, 3.05) is 33.9 Å². The molecular formula is C14H19N3O5. The maximum atomic E-state index is 12.6. The first kappa shape index (κ1) is 16.0. The van der Waals surface area contributed by atoms with Crippen molar-refractivity contribution in [3.63, 3.8) is 0 Å². The van der Waals surface area contributed by atoms with Crippen molar-refractivity contribution in [1.82, 2.24) is 10.2 Å². The average Bonchev–Trinajstić information content (AvgIpc) is 2.52. The number of methoxy groups -OCH3 is 2. The molecule has 1 fully saturated rings. The van der Waals surface area contributed by atoms with Gasteiger partial charge >= 0.3 is 0 Å². The number of benzene rings is 1. The molecule has 0 aliphatic carbocycles. The fourth-order valence-corrected chi connectivity index (χ4v) is 2.48. The normalized spacial score (nSPS) is 18.0. The molecule has 2 rings (SSSR count). The van der Waals surface area contributed by atoms with E-state index in [1.807, 2.05) is 6.92 Å². The van der Waals surface area contributed by atoms with Gasteiger partial charge in [-0.2, -0.15) is 0 Å². The van der Waals surface area contributed by atoms with E-state index < -0.39 is 4.92 Å². The average molecular weight is 309 g/mol. The van der Waals surface area contributed by atoms with Gasteiger partial charge in [-0.1, -0.05) is 0 Å². The van der Waals surface area contributed by atoms with Crippen LogP contribution in [0, 0.1) is 10.1 Å². The number of amides is 1. The van der Waals surface area contributed by atoms with Crippen LogP contribution >= 0.6 is 0 Å². The summed E-state index contributed by atoms with van der Waals surface area (Å²) in [5, 5.41) is 14.5. The molecule has 0 bridgehead atoms. The standard InChI is InChI=1S/C14H19N3O5/c1-9-8-16(5-4-15-9)14(18)10-6-12(21-2)13(22-3)7-11(10)17(19)20/h6-7,9,15H,4-5,8H2,1-3H3/t9-/m1/s1. The number of rotatable bonds is 4. The van der Waals surface area contributed by atoms with Crippen molar-refractivity contribution in [2.24, 2.45) is 0 Å². The maximum Gasteiger partial charge on any atom is 0.286 e. The molecule has 0 radical (unpaired) electrons. The van der Waals surface area contributed by atoms with Crippen LogP contribution in [-0.2, 0) is 0 Å². The summed E-state index contributed by atoms with van der Waals surface area (Å²) in [5.74, 6) is 0.139. The Labute approximate surface area is 128 Å². The van der Waals surface area contributed by atoms with Crippen LogP contribution in [0.15, 0.2) is 12.1 Å². The Balaban J connectivity index is 2.43. The predicted molar refractivity (Wildman–Crippen MR) is 79.6 cm³/mol. The van der Waals surface area contributed by atoms with Crippen molar-refractivity contribution in [3.05, 3.63) is 27.8 Å². The fraction of sp³-hybridized carbons (Fsp3) is 0.500. The second kappa shape index (κ2) is 6.61. The van der Waals surface area contributed by atoms with Crippen LogP contribution in [0.1, 0.15) is 17.3 Å². The quantitative estimate of drug-likeness (QED) is 0.660. The fourth-order valence-electron chi connectivity index (χ4n) is 2.48. The third-order valence-electron chi connectivity index (χ3n) is 3.58. The molecule has 0 saturated carbocycles. The Morgan fingerprint density at radius 3 is 2.55 bits per heavy atom. The number of nitrogens with zero attached hydrogens (tertiary/aromatic N) is 2. The van der Waals surface area contributed by atoms with Crippen LogP contribution in [0.5, 0.6) is 11.5 Å². The second-order valence-electron chi connectivity index (χ2n) is 5.09. The lowest BCUT2D eigenvalue weighted by molar-refractivity contribution is -0.385. The van der Waals surface area contributed by atoms with Gasteiger partial charge in [-0.3, -0.25) is 14.9 Å². The molecule has 1 aromatic rings. The van der Waals surface area contributed by atoms with Crippen LogP contribution in [0.25, 0.3) is 0 Å². The van der Waals surface area contributed by atoms with E-state index >= 15 is 0 Å². The van der Waals surface area contributed by atoms with Crippen LogP contribution in [0.2, 0.25) is 0 Å². The van der Waals surface area contributed by atoms with Gasteiger partial charge in [-0.15, -0.1) is 0 Å². The van der Waals surface area contributed by atoms with Gasteiger partial charge in [0, 0.05) is 31.7 Å². The molecule has 1 aromatic carbocycles. The molecule has 1 heterocycles. The Kier molecular flexibility index (Phi) is 4.81. The Hall–Kier alpha value is -2.35. The lowest BCUT2D eigenvalue weighted by Crippen LogP contribution is -2.51. The SMILES string of the molecule is COc1cc(C(=O)N2CCN[C@H](C)C2)c([N+](=O)[O-])cc1OC. The molecule has 1 aliphatic heterocycles. The molecule has 1 aliphatic rings. The van der Waals surface area contributed by atoms with Gasteiger partial charge in [-0.05, 0) is 6.92 Å². The van der Waals surface area contributed by atoms with E-state index in [2.05, 4.69) is 5.32 Å². The van der Waals surface area contributed by atoms with Gasteiger partial charge in [0.2, 0.25) is 0 Å². The monoisotopic (exact) mass is 309 g/mol. The molecule has 8 nitrogen and oxygen atoms in total. The molecule has 120 valence electrons. The Morgan fingerprint density at radius 1 is 1.36 bits per heavy atom. The second-order valence-corrected chi connectivity index (χ2v) is 5.09. The summed E-state index contributed by atoms with van der Waals surface area (Å²) in [6.45, 7) is 3.63. The van der Waals surface area contributed by atoms with Crippen LogP contribution < -0.4 is 14.8 Å². The highest BCUT2D eigenvalue weighted by atomic mass is 16.6. The minimum atomic E-state index is -0.583. The van der Waals surface area contributed by atoms with Crippen molar-refractivity contribution in [3.8, 4) is 11.5 Å². The van der Waals surface area contributed by atoms with Gasteiger partial charge in [0.1, 0.15) is 5.56 Å². The zero-order valence-electron chi connectivity index (χ0n) is 12.8. The lowest BCUT2D eigenvalue weighted by atomic mass is 10.1. The summed E-state index contributed by atoms with van der Waals surface area (Å²) in [4.78, 5) is 24.9. The topological polar surface area (TPSA) is 93.9 Å². The van der Waals surface area contributed by atoms with Crippen molar-refractivity contribution in [1.29, 1.82) is 0 Å². The molecule has 1 saturated heterocycles. The van der Waals surface area contributed by atoms with E-state index in [-0.39, 0.29) is 28.9 Å². The van der Waals surface area contributed by atoms with Crippen LogP contribution in [0.3, 0.4) is 0 Å². The Morgan fingerprint density at radius 2 is 2.00 bits per heavy atom. The van der Waals surface area contributed by atoms with Gasteiger partial charge in [0.25, 0.3) is 11.6 Å². The van der Waals surface area contributed by atoms with Crippen LogP contribution in [0.4, 0.5) is 5.69 Å². The number of nitrogens with one attached hydrogen (secondary N) is 1. The van der Waals surface area contributed by atoms with E-state index in [1.54, 1.807) is 4.90 Å². The highest BCUT2D eigenvalue weighted by Gasteiger charge is 2.29. The third-order valence-corrected chi connectivity index (χ3v) is 3.58. The first-order valence-electron chi connectivity index (χ1n) is 6.91. The smallest absolute Gasteiger partial charge is 0.286 e. The molecule has 1 N–H and O–H groups in total. The third kappa shape index (κ3) is 3.11. The molecule has 1 amide bonds. The number of hydrogen-bond acceptors (Lipinski definition) is 6. The number of carbonyl (C=O) groups excluding carboxylic acids is 1. The number of nitro benzene ring substituents is 1. The molecule has 1 atom stereocenters. The summed E-state index contributed by atoms with van der Waals surface area (Å²) < 4.78 is 10.2. The number of nitro groups is 1. The van der Waals surface area contributed by atoms with Crippen LogP contribution in [-0.4, -0.2) is 55.6 Å². The molecule has 0 aromatic heterocycles. The van der Waals surface area contributed by atoms with E-state index in [0.29, 0.717) is 25.4 Å². The predicted octanol–water partition coefficient (Wildman–Crippen LogP) is 1.05. The zero-order valence-corrected chi connectivity index (χ0v) is 12.8. The largest absolute Gasteiger partial charge is 0.493 e. The van der Waals surface area contributed by atoms with Gasteiger partial charge in [-0.25, -0.2) is 0 Å². The minimum absolute atomic E-state index is 0.0109. The molecule has 8 heteroatoms. The molecule has 0 unspecified atom stereocenters.